The quantitative estimate of drug-likeness (QED) is 0.661. The van der Waals surface area contributed by atoms with Gasteiger partial charge in [0.05, 0.1) is 6.33 Å². The van der Waals surface area contributed by atoms with E-state index in [1.54, 1.807) is 17.1 Å². The first-order valence-corrected chi connectivity index (χ1v) is 4.12. The van der Waals surface area contributed by atoms with Gasteiger partial charge >= 0.3 is 0 Å². The SMILES string of the molecule is C[C@H](CN)NC(=O)c1cn(C)cn1. The summed E-state index contributed by atoms with van der Waals surface area (Å²) in [5, 5.41) is 2.72. The number of aromatic nitrogens is 2. The number of nitrogens with one attached hydrogen (secondary N) is 1. The lowest BCUT2D eigenvalue weighted by Crippen LogP contribution is -2.37. The average Bonchev–Trinajstić information content (AvgIpc) is 2.51. The second-order valence-corrected chi connectivity index (χ2v) is 3.03. The third-order valence-corrected chi connectivity index (χ3v) is 1.67. The first-order valence-electron chi connectivity index (χ1n) is 4.12. The van der Waals surface area contributed by atoms with Crippen LogP contribution in [-0.2, 0) is 7.05 Å². The van der Waals surface area contributed by atoms with E-state index in [-0.39, 0.29) is 11.9 Å². The first-order chi connectivity index (χ1) is 6.13. The van der Waals surface area contributed by atoms with Crippen LogP contribution in [0.3, 0.4) is 0 Å². The Bertz CT molecular complexity index is 294. The van der Waals surface area contributed by atoms with Crippen molar-refractivity contribution in [1.29, 1.82) is 0 Å². The van der Waals surface area contributed by atoms with E-state index >= 15 is 0 Å². The minimum Gasteiger partial charge on any atom is -0.347 e. The van der Waals surface area contributed by atoms with E-state index in [0.717, 1.165) is 0 Å². The fourth-order valence-corrected chi connectivity index (χ4v) is 0.887. The Kier molecular flexibility index (Phi) is 3.02. The van der Waals surface area contributed by atoms with Crippen molar-refractivity contribution in [1.82, 2.24) is 14.9 Å². The summed E-state index contributed by atoms with van der Waals surface area (Å²) in [6, 6.07) is -0.0190. The van der Waals surface area contributed by atoms with Crippen molar-refractivity contribution in [3.63, 3.8) is 0 Å². The van der Waals surface area contributed by atoms with Gasteiger partial charge in [-0.05, 0) is 6.92 Å². The molecule has 0 saturated heterocycles. The molecule has 1 aromatic heterocycles. The van der Waals surface area contributed by atoms with Crippen LogP contribution in [0.5, 0.6) is 0 Å². The lowest BCUT2D eigenvalue weighted by molar-refractivity contribution is 0.0936. The molecule has 0 unspecified atom stereocenters. The molecule has 1 aromatic rings. The van der Waals surface area contributed by atoms with Crippen molar-refractivity contribution in [2.24, 2.45) is 12.8 Å². The molecule has 5 nitrogen and oxygen atoms in total. The second-order valence-electron chi connectivity index (χ2n) is 3.03. The summed E-state index contributed by atoms with van der Waals surface area (Å²) in [5.41, 5.74) is 5.78. The van der Waals surface area contributed by atoms with Crippen LogP contribution in [0.2, 0.25) is 0 Å². The van der Waals surface area contributed by atoms with Crippen molar-refractivity contribution >= 4 is 5.91 Å². The maximum Gasteiger partial charge on any atom is 0.271 e. The number of hydrogen-bond donors (Lipinski definition) is 2. The Morgan fingerprint density at radius 3 is 3.00 bits per heavy atom. The van der Waals surface area contributed by atoms with Crippen LogP contribution in [-0.4, -0.2) is 28.0 Å². The summed E-state index contributed by atoms with van der Waals surface area (Å²) in [5.74, 6) is -0.182. The maximum atomic E-state index is 11.4. The number of nitrogens with two attached hydrogens (primary N) is 1. The van der Waals surface area contributed by atoms with Gasteiger partial charge in [0.1, 0.15) is 5.69 Å². The Balaban J connectivity index is 2.58. The minimum atomic E-state index is -0.182. The van der Waals surface area contributed by atoms with E-state index in [1.165, 1.54) is 0 Å². The zero-order valence-corrected chi connectivity index (χ0v) is 7.82. The molecule has 0 fully saturated rings. The summed E-state index contributed by atoms with van der Waals surface area (Å²) in [6.07, 6.45) is 3.25. The summed E-state index contributed by atoms with van der Waals surface area (Å²) in [6.45, 7) is 2.28. The number of carbonyl (C=O) groups is 1. The van der Waals surface area contributed by atoms with Crippen molar-refractivity contribution in [3.8, 4) is 0 Å². The average molecular weight is 182 g/mol. The highest BCUT2D eigenvalue weighted by Gasteiger charge is 2.10. The van der Waals surface area contributed by atoms with Crippen molar-refractivity contribution < 1.29 is 4.79 Å². The number of rotatable bonds is 3. The van der Waals surface area contributed by atoms with Crippen molar-refractivity contribution in [3.05, 3.63) is 18.2 Å². The van der Waals surface area contributed by atoms with E-state index in [4.69, 9.17) is 5.73 Å². The van der Waals surface area contributed by atoms with E-state index in [1.807, 2.05) is 14.0 Å². The number of carbonyl (C=O) groups excluding carboxylic acids is 1. The minimum absolute atomic E-state index is 0.0190. The predicted octanol–water partition coefficient (Wildman–Crippen LogP) is -0.503. The highest BCUT2D eigenvalue weighted by atomic mass is 16.1. The third-order valence-electron chi connectivity index (χ3n) is 1.67. The van der Waals surface area contributed by atoms with Crippen LogP contribution in [0.15, 0.2) is 12.5 Å². The highest BCUT2D eigenvalue weighted by Crippen LogP contribution is 1.94. The highest BCUT2D eigenvalue weighted by molar-refractivity contribution is 5.92. The van der Waals surface area contributed by atoms with E-state index in [0.29, 0.717) is 12.2 Å². The molecule has 1 amide bonds. The summed E-state index contributed by atoms with van der Waals surface area (Å²) < 4.78 is 1.72. The van der Waals surface area contributed by atoms with Gasteiger partial charge in [0.15, 0.2) is 0 Å². The number of imidazole rings is 1. The molecule has 5 heteroatoms. The molecular formula is C8H14N4O. The topological polar surface area (TPSA) is 72.9 Å². The van der Waals surface area contributed by atoms with Gasteiger partial charge in [-0.15, -0.1) is 0 Å². The normalized spacial score (nSPS) is 12.5. The molecule has 0 radical (unpaired) electrons. The molecule has 0 saturated carbocycles. The van der Waals surface area contributed by atoms with E-state index < -0.39 is 0 Å². The molecule has 0 aromatic carbocycles. The van der Waals surface area contributed by atoms with Gasteiger partial charge in [-0.25, -0.2) is 4.98 Å². The first kappa shape index (κ1) is 9.73. The standard InChI is InChI=1S/C8H14N4O/c1-6(3-9)11-8(13)7-4-12(2)5-10-7/h4-6H,3,9H2,1-2H3,(H,11,13)/t6-/m1/s1. The molecule has 1 atom stereocenters. The molecule has 0 spiro atoms. The molecule has 0 aliphatic carbocycles. The molecular weight excluding hydrogens is 168 g/mol. The number of nitrogens with zero attached hydrogens (tertiary/aromatic N) is 2. The molecule has 0 aliphatic rings. The van der Waals surface area contributed by atoms with Gasteiger partial charge in [0.25, 0.3) is 5.91 Å². The number of amides is 1. The third kappa shape index (κ3) is 2.55. The van der Waals surface area contributed by atoms with E-state index in [9.17, 15) is 4.79 Å². The molecule has 0 bridgehead atoms. The molecule has 72 valence electrons. The Labute approximate surface area is 76.9 Å². The number of hydrogen-bond acceptors (Lipinski definition) is 3. The van der Waals surface area contributed by atoms with Gasteiger partial charge in [0.2, 0.25) is 0 Å². The summed E-state index contributed by atoms with van der Waals surface area (Å²) in [7, 11) is 1.82. The van der Waals surface area contributed by atoms with E-state index in [2.05, 4.69) is 10.3 Å². The lowest BCUT2D eigenvalue weighted by atomic mass is 10.3. The van der Waals surface area contributed by atoms with Crippen LogP contribution in [0.4, 0.5) is 0 Å². The monoisotopic (exact) mass is 182 g/mol. The second kappa shape index (κ2) is 4.04. The van der Waals surface area contributed by atoms with Crippen LogP contribution in [0.1, 0.15) is 17.4 Å². The largest absolute Gasteiger partial charge is 0.347 e. The van der Waals surface area contributed by atoms with Gasteiger partial charge in [-0.2, -0.15) is 0 Å². The predicted molar refractivity (Wildman–Crippen MR) is 49.2 cm³/mol. The van der Waals surface area contributed by atoms with Crippen LogP contribution >= 0.6 is 0 Å². The maximum absolute atomic E-state index is 11.4. The fraction of sp³-hybridized carbons (Fsp3) is 0.500. The van der Waals surface area contributed by atoms with Gasteiger partial charge in [0, 0.05) is 25.8 Å². The molecule has 1 heterocycles. The lowest BCUT2D eigenvalue weighted by Gasteiger charge is -2.08. The Morgan fingerprint density at radius 1 is 1.85 bits per heavy atom. The van der Waals surface area contributed by atoms with Crippen molar-refractivity contribution in [2.75, 3.05) is 6.54 Å². The summed E-state index contributed by atoms with van der Waals surface area (Å²) >= 11 is 0. The molecule has 1 rings (SSSR count). The van der Waals surface area contributed by atoms with Crippen LogP contribution < -0.4 is 11.1 Å². The summed E-state index contributed by atoms with van der Waals surface area (Å²) in [4.78, 5) is 15.3. The zero-order chi connectivity index (χ0) is 9.84. The molecule has 3 N–H and O–H groups in total. The van der Waals surface area contributed by atoms with Gasteiger partial charge < -0.3 is 15.6 Å². The zero-order valence-electron chi connectivity index (χ0n) is 7.82. The van der Waals surface area contributed by atoms with Gasteiger partial charge in [-0.1, -0.05) is 0 Å². The van der Waals surface area contributed by atoms with Gasteiger partial charge in [-0.3, -0.25) is 4.79 Å². The number of aryl methyl sites for hydroxylation is 1. The Hall–Kier alpha value is -1.36. The van der Waals surface area contributed by atoms with Crippen molar-refractivity contribution in [2.45, 2.75) is 13.0 Å². The van der Waals surface area contributed by atoms with Crippen LogP contribution in [0.25, 0.3) is 0 Å². The smallest absolute Gasteiger partial charge is 0.271 e. The van der Waals surface area contributed by atoms with Crippen LogP contribution in [0, 0.1) is 0 Å². The molecule has 0 aliphatic heterocycles. The Morgan fingerprint density at radius 2 is 2.54 bits per heavy atom. The molecule has 13 heavy (non-hydrogen) atoms. The fourth-order valence-electron chi connectivity index (χ4n) is 0.887.